The Balaban J connectivity index is 1.67. The lowest BCUT2D eigenvalue weighted by atomic mass is 9.90. The number of likely N-dealkylation sites (tertiary alicyclic amines) is 1. The van der Waals surface area contributed by atoms with Crippen molar-refractivity contribution in [3.63, 3.8) is 0 Å². The molecule has 4 rings (SSSR count). The maximum absolute atomic E-state index is 13.5. The van der Waals surface area contributed by atoms with Crippen LogP contribution < -0.4 is 5.32 Å². The van der Waals surface area contributed by atoms with Crippen LogP contribution in [0.1, 0.15) is 61.1 Å². The molecule has 10 heteroatoms. The Hall–Kier alpha value is -2.74. The minimum Gasteiger partial charge on any atom is -0.444 e. The van der Waals surface area contributed by atoms with Crippen molar-refractivity contribution >= 4 is 52.5 Å². The number of benzene rings is 2. The first kappa shape index (κ1) is 27.3. The van der Waals surface area contributed by atoms with Crippen molar-refractivity contribution in [2.75, 3.05) is 18.4 Å². The van der Waals surface area contributed by atoms with Crippen molar-refractivity contribution in [3.8, 4) is 5.69 Å². The monoisotopic (exact) mass is 562 g/mol. The summed E-state index contributed by atoms with van der Waals surface area (Å²) in [5, 5.41) is 8.92. The number of hydrogen-bond donors (Lipinski definition) is 1. The van der Waals surface area contributed by atoms with Crippen LogP contribution in [0.2, 0.25) is 15.1 Å². The summed E-state index contributed by atoms with van der Waals surface area (Å²) in [6.07, 6.45) is 2.51. The van der Waals surface area contributed by atoms with Gasteiger partial charge in [-0.05, 0) is 76.4 Å². The second-order valence-corrected chi connectivity index (χ2v) is 11.3. The van der Waals surface area contributed by atoms with Gasteiger partial charge in [0.2, 0.25) is 0 Å². The molecule has 0 bridgehead atoms. The molecule has 0 spiro atoms. The molecule has 0 aliphatic carbocycles. The smallest absolute Gasteiger partial charge is 0.410 e. The molecule has 7 nitrogen and oxygen atoms in total. The average Bonchev–Trinajstić information content (AvgIpc) is 3.27. The lowest BCUT2D eigenvalue weighted by Gasteiger charge is -2.34. The topological polar surface area (TPSA) is 76.5 Å². The van der Waals surface area contributed by atoms with Crippen molar-refractivity contribution in [3.05, 3.63) is 74.5 Å². The Morgan fingerprint density at radius 1 is 1.05 bits per heavy atom. The van der Waals surface area contributed by atoms with Crippen LogP contribution in [0.3, 0.4) is 0 Å². The second kappa shape index (κ2) is 10.9. The quantitative estimate of drug-likeness (QED) is 0.356. The summed E-state index contributed by atoms with van der Waals surface area (Å²) < 4.78 is 7.32. The fourth-order valence-corrected chi connectivity index (χ4v) is 4.89. The molecular weight excluding hydrogens is 535 g/mol. The van der Waals surface area contributed by atoms with Crippen LogP contribution in [0.5, 0.6) is 0 Å². The highest BCUT2D eigenvalue weighted by Gasteiger charge is 2.32. The lowest BCUT2D eigenvalue weighted by molar-refractivity contribution is 0.0203. The Kier molecular flexibility index (Phi) is 8.07. The molecule has 2 aromatic carbocycles. The SMILES string of the molecule is Cc1c(Cl)cccc1-n1ncc(C(=O)Nc2cc(Cl)ccc2Cl)c1C1CCN(C(=O)OC(C)(C)C)CC1. The molecule has 0 unspecified atom stereocenters. The maximum atomic E-state index is 13.5. The molecule has 37 heavy (non-hydrogen) atoms. The molecule has 0 saturated carbocycles. The zero-order valence-electron chi connectivity index (χ0n) is 21.1. The largest absolute Gasteiger partial charge is 0.444 e. The molecule has 2 amide bonds. The third kappa shape index (κ3) is 6.22. The van der Waals surface area contributed by atoms with Crippen molar-refractivity contribution in [2.24, 2.45) is 0 Å². The third-order valence-corrected chi connectivity index (χ3v) is 7.20. The minimum absolute atomic E-state index is 0.0323. The number of ether oxygens (including phenoxy) is 1. The number of carbonyl (C=O) groups is 2. The Morgan fingerprint density at radius 2 is 1.76 bits per heavy atom. The number of nitrogens with zero attached hydrogens (tertiary/aromatic N) is 3. The number of carbonyl (C=O) groups excluding carboxylic acids is 2. The summed E-state index contributed by atoms with van der Waals surface area (Å²) in [4.78, 5) is 27.8. The third-order valence-electron chi connectivity index (χ3n) is 6.23. The van der Waals surface area contributed by atoms with Gasteiger partial charge >= 0.3 is 6.09 Å². The second-order valence-electron chi connectivity index (χ2n) is 10.1. The number of amides is 2. The van der Waals surface area contributed by atoms with Gasteiger partial charge in [0.25, 0.3) is 5.91 Å². The molecule has 1 saturated heterocycles. The van der Waals surface area contributed by atoms with Crippen LogP contribution >= 0.6 is 34.8 Å². The number of aromatic nitrogens is 2. The van der Waals surface area contributed by atoms with Gasteiger partial charge in [-0.2, -0.15) is 5.10 Å². The molecule has 2 heterocycles. The maximum Gasteiger partial charge on any atom is 0.410 e. The van der Waals surface area contributed by atoms with Crippen LogP contribution in [0, 0.1) is 6.92 Å². The first-order valence-corrected chi connectivity index (χ1v) is 13.2. The van der Waals surface area contributed by atoms with Gasteiger partial charge in [-0.25, -0.2) is 9.48 Å². The van der Waals surface area contributed by atoms with E-state index in [0.29, 0.717) is 52.2 Å². The number of rotatable bonds is 4. The van der Waals surface area contributed by atoms with Crippen molar-refractivity contribution in [2.45, 2.75) is 52.1 Å². The summed E-state index contributed by atoms with van der Waals surface area (Å²) in [5.41, 5.74) is 2.66. The first-order chi connectivity index (χ1) is 17.4. The van der Waals surface area contributed by atoms with Crippen LogP contribution in [-0.2, 0) is 4.74 Å². The van der Waals surface area contributed by atoms with Crippen LogP contribution in [0.4, 0.5) is 10.5 Å². The highest BCUT2D eigenvalue weighted by atomic mass is 35.5. The van der Waals surface area contributed by atoms with Gasteiger partial charge in [0.1, 0.15) is 5.60 Å². The van der Waals surface area contributed by atoms with E-state index in [4.69, 9.17) is 39.5 Å². The highest BCUT2D eigenvalue weighted by molar-refractivity contribution is 6.36. The van der Waals surface area contributed by atoms with E-state index in [1.165, 1.54) is 0 Å². The number of anilines is 1. The van der Waals surface area contributed by atoms with E-state index in [2.05, 4.69) is 10.4 Å². The van der Waals surface area contributed by atoms with Gasteiger partial charge in [0, 0.05) is 29.1 Å². The number of nitrogens with one attached hydrogen (secondary N) is 1. The normalized spacial score (nSPS) is 14.5. The Bertz CT molecular complexity index is 1320. The summed E-state index contributed by atoms with van der Waals surface area (Å²) in [7, 11) is 0. The molecular formula is C27H29Cl3N4O3. The molecule has 0 radical (unpaired) electrons. The van der Waals surface area contributed by atoms with E-state index < -0.39 is 5.60 Å². The van der Waals surface area contributed by atoms with Gasteiger partial charge < -0.3 is 15.0 Å². The van der Waals surface area contributed by atoms with Crippen LogP contribution in [-0.4, -0.2) is 45.4 Å². The molecule has 1 fully saturated rings. The number of piperidine rings is 1. The fourth-order valence-electron chi connectivity index (χ4n) is 4.39. The van der Waals surface area contributed by atoms with Crippen molar-refractivity contribution < 1.29 is 14.3 Å². The molecule has 3 aromatic rings. The van der Waals surface area contributed by atoms with Crippen LogP contribution in [0.15, 0.2) is 42.6 Å². The standard InChI is InChI=1S/C27H29Cl3N4O3/c1-16-20(29)6-5-7-23(16)34-24(17-10-12-33(13-11-17)26(36)37-27(2,3)4)19(15-31-34)25(35)32-22-14-18(28)8-9-21(22)30/h5-9,14-15,17H,10-13H2,1-4H3,(H,32,35). The van der Waals surface area contributed by atoms with Gasteiger partial charge in [-0.1, -0.05) is 40.9 Å². The van der Waals surface area contributed by atoms with Crippen LogP contribution in [0.25, 0.3) is 5.69 Å². The van der Waals surface area contributed by atoms with E-state index in [1.54, 1.807) is 34.0 Å². The molecule has 1 N–H and O–H groups in total. The van der Waals surface area contributed by atoms with Gasteiger partial charge in [-0.3, -0.25) is 4.79 Å². The molecule has 0 atom stereocenters. The summed E-state index contributed by atoms with van der Waals surface area (Å²) in [6, 6.07) is 10.5. The molecule has 196 valence electrons. The van der Waals surface area contributed by atoms with Crippen molar-refractivity contribution in [1.82, 2.24) is 14.7 Å². The molecule has 1 aromatic heterocycles. The summed E-state index contributed by atoms with van der Waals surface area (Å²) in [5.74, 6) is -0.380. The van der Waals surface area contributed by atoms with E-state index in [-0.39, 0.29) is 17.9 Å². The lowest BCUT2D eigenvalue weighted by Crippen LogP contribution is -2.41. The van der Waals surface area contributed by atoms with E-state index in [1.807, 2.05) is 45.9 Å². The molecule has 1 aliphatic heterocycles. The zero-order chi connectivity index (χ0) is 26.9. The summed E-state index contributed by atoms with van der Waals surface area (Å²) in [6.45, 7) is 8.46. The zero-order valence-corrected chi connectivity index (χ0v) is 23.4. The Morgan fingerprint density at radius 3 is 2.43 bits per heavy atom. The Labute approximate surface area is 231 Å². The highest BCUT2D eigenvalue weighted by Crippen LogP contribution is 2.35. The minimum atomic E-state index is -0.566. The van der Waals surface area contributed by atoms with Gasteiger partial charge in [0.15, 0.2) is 0 Å². The van der Waals surface area contributed by atoms with Gasteiger partial charge in [-0.15, -0.1) is 0 Å². The fraction of sp³-hybridized carbons (Fsp3) is 0.370. The average molecular weight is 564 g/mol. The number of halogens is 3. The van der Waals surface area contributed by atoms with E-state index in [0.717, 1.165) is 16.9 Å². The van der Waals surface area contributed by atoms with Crippen molar-refractivity contribution in [1.29, 1.82) is 0 Å². The number of hydrogen-bond acceptors (Lipinski definition) is 4. The van der Waals surface area contributed by atoms with E-state index in [9.17, 15) is 9.59 Å². The van der Waals surface area contributed by atoms with E-state index >= 15 is 0 Å². The first-order valence-electron chi connectivity index (χ1n) is 12.0. The van der Waals surface area contributed by atoms with Gasteiger partial charge in [0.05, 0.1) is 33.9 Å². The summed E-state index contributed by atoms with van der Waals surface area (Å²) >= 11 is 18.8. The molecule has 1 aliphatic rings. The predicted octanol–water partition coefficient (Wildman–Crippen LogP) is 7.51. The predicted molar refractivity (Wildman–Crippen MR) is 148 cm³/mol.